The normalized spacial score (nSPS) is 10.0. The van der Waals surface area contributed by atoms with Crippen molar-refractivity contribution in [3.8, 4) is 5.75 Å². The Balaban J connectivity index is 3.07. The zero-order chi connectivity index (χ0) is 12.1. The van der Waals surface area contributed by atoms with Crippen LogP contribution in [0.4, 0.5) is 0 Å². The predicted octanol–water partition coefficient (Wildman–Crippen LogP) is 2.94. The summed E-state index contributed by atoms with van der Waals surface area (Å²) in [6, 6.07) is 5.43. The van der Waals surface area contributed by atoms with Crippen LogP contribution in [0, 0.1) is 0 Å². The molecule has 0 atom stereocenters. The number of benzene rings is 1. The minimum atomic E-state index is 0.00866. The number of nitrogens with zero attached hydrogens (tertiary/aromatic N) is 1. The lowest BCUT2D eigenvalue weighted by Crippen LogP contribution is -2.30. The van der Waals surface area contributed by atoms with Gasteiger partial charge in [0.15, 0.2) is 0 Å². The number of carbonyl (C=O) groups is 1. The van der Waals surface area contributed by atoms with E-state index in [1.807, 2.05) is 19.9 Å². The van der Waals surface area contributed by atoms with Crippen molar-refractivity contribution in [2.24, 2.45) is 0 Å². The van der Waals surface area contributed by atoms with Gasteiger partial charge in [0, 0.05) is 17.6 Å². The molecule has 0 saturated carbocycles. The molecule has 3 nitrogen and oxygen atoms in total. The van der Waals surface area contributed by atoms with E-state index < -0.39 is 0 Å². The highest BCUT2D eigenvalue weighted by molar-refractivity contribution is 9.10. The van der Waals surface area contributed by atoms with Gasteiger partial charge >= 0.3 is 0 Å². The monoisotopic (exact) mass is 285 g/mol. The average molecular weight is 286 g/mol. The Morgan fingerprint density at radius 3 is 2.50 bits per heavy atom. The maximum Gasteiger partial charge on any atom is 0.257 e. The molecule has 0 fully saturated rings. The molecule has 0 saturated heterocycles. The van der Waals surface area contributed by atoms with Gasteiger partial charge in [0.1, 0.15) is 5.75 Å². The number of amides is 1. The van der Waals surface area contributed by atoms with Crippen molar-refractivity contribution in [3.63, 3.8) is 0 Å². The number of rotatable bonds is 4. The molecule has 0 aliphatic rings. The maximum absolute atomic E-state index is 12.1. The summed E-state index contributed by atoms with van der Waals surface area (Å²) in [5.74, 6) is 0.612. The van der Waals surface area contributed by atoms with Gasteiger partial charge in [0.05, 0.1) is 12.7 Å². The summed E-state index contributed by atoms with van der Waals surface area (Å²) < 4.78 is 6.11. The first-order chi connectivity index (χ1) is 7.63. The number of hydrogen-bond donors (Lipinski definition) is 0. The van der Waals surface area contributed by atoms with E-state index in [1.165, 1.54) is 0 Å². The van der Waals surface area contributed by atoms with E-state index in [0.717, 1.165) is 4.47 Å². The van der Waals surface area contributed by atoms with Gasteiger partial charge < -0.3 is 9.64 Å². The third-order valence-electron chi connectivity index (χ3n) is 2.44. The van der Waals surface area contributed by atoms with Gasteiger partial charge in [-0.1, -0.05) is 15.9 Å². The molecule has 1 aromatic rings. The van der Waals surface area contributed by atoms with Crippen molar-refractivity contribution in [2.45, 2.75) is 13.8 Å². The fraction of sp³-hybridized carbons (Fsp3) is 0.417. The average Bonchev–Trinajstić information content (AvgIpc) is 2.30. The minimum absolute atomic E-state index is 0.00866. The number of methoxy groups -OCH3 is 1. The Kier molecular flexibility index (Phi) is 4.80. The molecule has 0 unspecified atom stereocenters. The molecule has 1 rings (SSSR count). The Labute approximate surface area is 105 Å². The summed E-state index contributed by atoms with van der Waals surface area (Å²) in [6.45, 7) is 5.34. The summed E-state index contributed by atoms with van der Waals surface area (Å²) in [5.41, 5.74) is 0.606. The van der Waals surface area contributed by atoms with Gasteiger partial charge in [-0.25, -0.2) is 0 Å². The molecular weight excluding hydrogens is 270 g/mol. The topological polar surface area (TPSA) is 29.5 Å². The van der Waals surface area contributed by atoms with Crippen molar-refractivity contribution in [3.05, 3.63) is 28.2 Å². The first-order valence-corrected chi connectivity index (χ1v) is 6.06. The molecule has 0 N–H and O–H groups in total. The molecule has 0 bridgehead atoms. The van der Waals surface area contributed by atoms with Crippen LogP contribution in [0.3, 0.4) is 0 Å². The molecular formula is C12H16BrNO2. The Hall–Kier alpha value is -1.03. The van der Waals surface area contributed by atoms with Crippen molar-refractivity contribution < 1.29 is 9.53 Å². The summed E-state index contributed by atoms with van der Waals surface area (Å²) in [4.78, 5) is 13.9. The van der Waals surface area contributed by atoms with E-state index in [4.69, 9.17) is 4.74 Å². The largest absolute Gasteiger partial charge is 0.496 e. The second-order valence-electron chi connectivity index (χ2n) is 3.32. The zero-order valence-electron chi connectivity index (χ0n) is 9.79. The third kappa shape index (κ3) is 2.76. The SMILES string of the molecule is CCN(CC)C(=O)c1ccc(Br)cc1OC. The van der Waals surface area contributed by atoms with Crippen molar-refractivity contribution >= 4 is 21.8 Å². The quantitative estimate of drug-likeness (QED) is 0.851. The lowest BCUT2D eigenvalue weighted by Gasteiger charge is -2.20. The Morgan fingerprint density at radius 1 is 1.38 bits per heavy atom. The molecule has 4 heteroatoms. The zero-order valence-corrected chi connectivity index (χ0v) is 11.4. The number of carbonyl (C=O) groups excluding carboxylic acids is 1. The number of halogens is 1. The summed E-state index contributed by atoms with van der Waals surface area (Å²) in [6.07, 6.45) is 0. The molecule has 0 aliphatic carbocycles. The van der Waals surface area contributed by atoms with Crippen LogP contribution in [0.1, 0.15) is 24.2 Å². The molecule has 0 radical (unpaired) electrons. The van der Waals surface area contributed by atoms with Gasteiger partial charge in [-0.3, -0.25) is 4.79 Å². The van der Waals surface area contributed by atoms with Gasteiger partial charge in [-0.15, -0.1) is 0 Å². The van der Waals surface area contributed by atoms with Crippen LogP contribution in [0.2, 0.25) is 0 Å². The third-order valence-corrected chi connectivity index (χ3v) is 2.94. The fourth-order valence-corrected chi connectivity index (χ4v) is 1.86. The minimum Gasteiger partial charge on any atom is -0.496 e. The van der Waals surface area contributed by atoms with Crippen LogP contribution >= 0.6 is 15.9 Å². The molecule has 0 aliphatic heterocycles. The highest BCUT2D eigenvalue weighted by Gasteiger charge is 2.16. The van der Waals surface area contributed by atoms with Crippen LogP contribution in [-0.2, 0) is 0 Å². The standard InChI is InChI=1S/C12H16BrNO2/c1-4-14(5-2)12(15)10-7-6-9(13)8-11(10)16-3/h6-8H,4-5H2,1-3H3. The molecule has 0 aromatic heterocycles. The van der Waals surface area contributed by atoms with E-state index in [9.17, 15) is 4.79 Å². The van der Waals surface area contributed by atoms with Crippen LogP contribution in [0.5, 0.6) is 5.75 Å². The summed E-state index contributed by atoms with van der Waals surface area (Å²) in [5, 5.41) is 0. The van der Waals surface area contributed by atoms with Gasteiger partial charge in [-0.05, 0) is 32.0 Å². The second kappa shape index (κ2) is 5.89. The van der Waals surface area contributed by atoms with Gasteiger partial charge in [0.25, 0.3) is 5.91 Å². The molecule has 0 heterocycles. The first kappa shape index (κ1) is 13.0. The molecule has 0 spiro atoms. The van der Waals surface area contributed by atoms with Crippen molar-refractivity contribution in [1.29, 1.82) is 0 Å². The van der Waals surface area contributed by atoms with Gasteiger partial charge in [0.2, 0.25) is 0 Å². The fourth-order valence-electron chi connectivity index (χ4n) is 1.52. The lowest BCUT2D eigenvalue weighted by atomic mass is 10.1. The first-order valence-electron chi connectivity index (χ1n) is 5.26. The van der Waals surface area contributed by atoms with E-state index in [-0.39, 0.29) is 5.91 Å². The second-order valence-corrected chi connectivity index (χ2v) is 4.24. The highest BCUT2D eigenvalue weighted by Crippen LogP contribution is 2.24. The molecule has 1 aromatic carbocycles. The van der Waals surface area contributed by atoms with Gasteiger partial charge in [-0.2, -0.15) is 0 Å². The van der Waals surface area contributed by atoms with Crippen LogP contribution < -0.4 is 4.74 Å². The van der Waals surface area contributed by atoms with Crippen molar-refractivity contribution in [1.82, 2.24) is 4.90 Å². The predicted molar refractivity (Wildman–Crippen MR) is 67.9 cm³/mol. The van der Waals surface area contributed by atoms with E-state index >= 15 is 0 Å². The molecule has 88 valence electrons. The number of ether oxygens (including phenoxy) is 1. The van der Waals surface area contributed by atoms with E-state index in [2.05, 4.69) is 15.9 Å². The number of hydrogen-bond acceptors (Lipinski definition) is 2. The van der Waals surface area contributed by atoms with Crippen LogP contribution in [0.25, 0.3) is 0 Å². The smallest absolute Gasteiger partial charge is 0.257 e. The van der Waals surface area contributed by atoms with Crippen LogP contribution in [-0.4, -0.2) is 31.0 Å². The summed E-state index contributed by atoms with van der Waals surface area (Å²) in [7, 11) is 1.57. The molecule has 1 amide bonds. The maximum atomic E-state index is 12.1. The van der Waals surface area contributed by atoms with E-state index in [0.29, 0.717) is 24.4 Å². The van der Waals surface area contributed by atoms with E-state index in [1.54, 1.807) is 24.1 Å². The van der Waals surface area contributed by atoms with Crippen LogP contribution in [0.15, 0.2) is 22.7 Å². The lowest BCUT2D eigenvalue weighted by molar-refractivity contribution is 0.0769. The van der Waals surface area contributed by atoms with Crippen molar-refractivity contribution in [2.75, 3.05) is 20.2 Å². The molecule has 16 heavy (non-hydrogen) atoms. The summed E-state index contributed by atoms with van der Waals surface area (Å²) >= 11 is 3.35. The Bertz CT molecular complexity index is 375. The highest BCUT2D eigenvalue weighted by atomic mass is 79.9. The Morgan fingerprint density at radius 2 is 2.00 bits per heavy atom.